The molecule has 1 fully saturated rings. The van der Waals surface area contributed by atoms with E-state index >= 15 is 0 Å². The van der Waals surface area contributed by atoms with Gasteiger partial charge in [-0.15, -0.1) is 0 Å². The topological polar surface area (TPSA) is 75.7 Å². The highest BCUT2D eigenvalue weighted by Crippen LogP contribution is 2.33. The van der Waals surface area contributed by atoms with Crippen LogP contribution in [-0.2, 0) is 14.6 Å². The van der Waals surface area contributed by atoms with Crippen LogP contribution in [0, 0.1) is 5.82 Å². The zero-order chi connectivity index (χ0) is 18.9. The fourth-order valence-electron chi connectivity index (χ4n) is 3.58. The normalized spacial score (nSPS) is 22.9. The van der Waals surface area contributed by atoms with Gasteiger partial charge in [0.1, 0.15) is 5.82 Å². The number of carbonyl (C=O) groups excluding carboxylic acids is 1. The van der Waals surface area contributed by atoms with Gasteiger partial charge in [0.2, 0.25) is 0 Å². The Labute approximate surface area is 153 Å². The van der Waals surface area contributed by atoms with Crippen molar-refractivity contribution in [2.45, 2.75) is 56.2 Å². The van der Waals surface area contributed by atoms with E-state index < -0.39 is 15.7 Å². The molecule has 1 aromatic rings. The van der Waals surface area contributed by atoms with Gasteiger partial charge in [-0.05, 0) is 56.9 Å². The Balaban J connectivity index is 1.64. The first-order chi connectivity index (χ1) is 12.3. The Morgan fingerprint density at radius 2 is 1.96 bits per heavy atom. The van der Waals surface area contributed by atoms with Gasteiger partial charge in [-0.2, -0.15) is 0 Å². The molecule has 1 amide bonds. The molecule has 0 spiro atoms. The highest BCUT2D eigenvalue weighted by atomic mass is 32.2. The molecule has 0 aromatic heterocycles. The van der Waals surface area contributed by atoms with Gasteiger partial charge >= 0.3 is 6.09 Å². The van der Waals surface area contributed by atoms with Gasteiger partial charge in [0.15, 0.2) is 9.84 Å². The summed E-state index contributed by atoms with van der Waals surface area (Å²) in [7, 11) is -3.34. The van der Waals surface area contributed by atoms with Crippen LogP contribution in [0.25, 0.3) is 0 Å². The van der Waals surface area contributed by atoms with E-state index in [9.17, 15) is 17.6 Å². The monoisotopic (exact) mass is 384 g/mol. The molecular formula is C18H25FN2O4S. The molecule has 3 rings (SSSR count). The fraction of sp³-hybridized carbons (Fsp3) is 0.611. The number of hydrogen-bond acceptors (Lipinski definition) is 5. The Bertz CT molecular complexity index is 773. The third-order valence-corrected chi connectivity index (χ3v) is 6.70. The smallest absolute Gasteiger partial charge is 0.410 e. The minimum Gasteiger partial charge on any atom is -0.447 e. The molecule has 1 N–H and O–H groups in total. The first kappa shape index (κ1) is 19.1. The second kappa shape index (κ2) is 7.52. The summed E-state index contributed by atoms with van der Waals surface area (Å²) in [5.41, 5.74) is 0.512. The maximum absolute atomic E-state index is 13.7. The third kappa shape index (κ3) is 4.17. The van der Waals surface area contributed by atoms with Crippen molar-refractivity contribution < 1.29 is 22.3 Å². The number of rotatable bonds is 3. The minimum atomic E-state index is -3.34. The van der Waals surface area contributed by atoms with Gasteiger partial charge in [0.25, 0.3) is 0 Å². The molecule has 2 aliphatic heterocycles. The van der Waals surface area contributed by atoms with Crippen molar-refractivity contribution >= 4 is 15.9 Å². The minimum absolute atomic E-state index is 0.0584. The van der Waals surface area contributed by atoms with Gasteiger partial charge in [-0.25, -0.2) is 17.6 Å². The predicted molar refractivity (Wildman–Crippen MR) is 95.2 cm³/mol. The van der Waals surface area contributed by atoms with E-state index in [2.05, 4.69) is 5.32 Å². The summed E-state index contributed by atoms with van der Waals surface area (Å²) in [4.78, 5) is 13.9. The first-order valence-electron chi connectivity index (χ1n) is 9.00. The number of benzene rings is 1. The number of hydrogen-bond donors (Lipinski definition) is 1. The van der Waals surface area contributed by atoms with Crippen LogP contribution in [0.5, 0.6) is 0 Å². The van der Waals surface area contributed by atoms with Crippen LogP contribution in [0.15, 0.2) is 23.1 Å². The van der Waals surface area contributed by atoms with Crippen molar-refractivity contribution in [3.63, 3.8) is 0 Å². The standard InChI is InChI=1S/C18H25FN2O4S/c1-12(2)25-18(22)21-8-5-14(6-9-21)20-16-7-10-26(23,24)17-4-3-13(19)11-15(16)17/h3-4,11-12,14,16,20H,5-10H2,1-2H3/t16-/m1/s1. The maximum atomic E-state index is 13.7. The average Bonchev–Trinajstić information content (AvgIpc) is 2.57. The largest absolute Gasteiger partial charge is 0.447 e. The average molecular weight is 384 g/mol. The van der Waals surface area contributed by atoms with E-state index in [1.54, 1.807) is 4.90 Å². The molecule has 1 aromatic carbocycles. The second-order valence-electron chi connectivity index (χ2n) is 7.20. The summed E-state index contributed by atoms with van der Waals surface area (Å²) >= 11 is 0. The van der Waals surface area contributed by atoms with Gasteiger partial charge in [-0.1, -0.05) is 0 Å². The van der Waals surface area contributed by atoms with Crippen LogP contribution in [0.4, 0.5) is 9.18 Å². The Morgan fingerprint density at radius 3 is 2.62 bits per heavy atom. The molecular weight excluding hydrogens is 359 g/mol. The summed E-state index contributed by atoms with van der Waals surface area (Å²) in [5.74, 6) is -0.373. The SMILES string of the molecule is CC(C)OC(=O)N1CCC(N[C@@H]2CCS(=O)(=O)c3ccc(F)cc32)CC1. The molecule has 8 heteroatoms. The van der Waals surface area contributed by atoms with E-state index in [0.29, 0.717) is 25.1 Å². The highest BCUT2D eigenvalue weighted by molar-refractivity contribution is 7.91. The molecule has 0 saturated carbocycles. The predicted octanol–water partition coefficient (Wildman–Crippen LogP) is 2.64. The van der Waals surface area contributed by atoms with Crippen LogP contribution >= 0.6 is 0 Å². The lowest BCUT2D eigenvalue weighted by molar-refractivity contribution is 0.0671. The number of nitrogens with one attached hydrogen (secondary N) is 1. The molecule has 2 aliphatic rings. The molecule has 144 valence electrons. The van der Waals surface area contributed by atoms with Gasteiger partial charge < -0.3 is 15.0 Å². The number of sulfone groups is 1. The lowest BCUT2D eigenvalue weighted by Gasteiger charge is -2.36. The zero-order valence-electron chi connectivity index (χ0n) is 15.1. The Hall–Kier alpha value is -1.67. The van der Waals surface area contributed by atoms with Gasteiger partial charge in [-0.3, -0.25) is 0 Å². The van der Waals surface area contributed by atoms with Gasteiger partial charge in [0, 0.05) is 25.2 Å². The van der Waals surface area contributed by atoms with E-state index in [0.717, 1.165) is 12.8 Å². The number of likely N-dealkylation sites (tertiary alicyclic amines) is 1. The lowest BCUT2D eigenvalue weighted by Crippen LogP contribution is -2.47. The number of amides is 1. The molecule has 2 heterocycles. The van der Waals surface area contributed by atoms with Gasteiger partial charge in [0.05, 0.1) is 16.8 Å². The van der Waals surface area contributed by atoms with E-state index in [-0.39, 0.29) is 34.9 Å². The molecule has 26 heavy (non-hydrogen) atoms. The van der Waals surface area contributed by atoms with Crippen LogP contribution < -0.4 is 5.32 Å². The van der Waals surface area contributed by atoms with E-state index in [1.807, 2.05) is 13.8 Å². The molecule has 1 atom stereocenters. The number of nitrogens with zero attached hydrogens (tertiary/aromatic N) is 1. The summed E-state index contributed by atoms with van der Waals surface area (Å²) in [6, 6.07) is 3.83. The third-order valence-electron chi connectivity index (χ3n) is 4.88. The van der Waals surface area contributed by atoms with E-state index in [1.165, 1.54) is 18.2 Å². The van der Waals surface area contributed by atoms with E-state index in [4.69, 9.17) is 4.74 Å². The van der Waals surface area contributed by atoms with Crippen LogP contribution in [-0.4, -0.2) is 50.4 Å². The molecule has 0 unspecified atom stereocenters. The van der Waals surface area contributed by atoms with Crippen LogP contribution in [0.1, 0.15) is 44.7 Å². The number of piperidine rings is 1. The van der Waals surface area contributed by atoms with Crippen molar-refractivity contribution in [2.24, 2.45) is 0 Å². The summed E-state index contributed by atoms with van der Waals surface area (Å²) in [5, 5.41) is 3.47. The van der Waals surface area contributed by atoms with Crippen molar-refractivity contribution in [1.82, 2.24) is 10.2 Å². The lowest BCUT2D eigenvalue weighted by atomic mass is 9.99. The van der Waals surface area contributed by atoms with Crippen molar-refractivity contribution in [3.8, 4) is 0 Å². The Morgan fingerprint density at radius 1 is 1.27 bits per heavy atom. The molecule has 6 nitrogen and oxygen atoms in total. The van der Waals surface area contributed by atoms with Crippen molar-refractivity contribution in [2.75, 3.05) is 18.8 Å². The molecule has 0 aliphatic carbocycles. The molecule has 1 saturated heterocycles. The summed E-state index contributed by atoms with van der Waals surface area (Å²) in [6.07, 6.45) is 1.49. The summed E-state index contributed by atoms with van der Waals surface area (Å²) < 4.78 is 43.3. The van der Waals surface area contributed by atoms with Crippen LogP contribution in [0.2, 0.25) is 0 Å². The maximum Gasteiger partial charge on any atom is 0.410 e. The fourth-order valence-corrected chi connectivity index (χ4v) is 5.18. The zero-order valence-corrected chi connectivity index (χ0v) is 15.9. The summed E-state index contributed by atoms with van der Waals surface area (Å²) in [6.45, 7) is 4.81. The molecule has 0 radical (unpaired) electrons. The molecule has 0 bridgehead atoms. The van der Waals surface area contributed by atoms with Crippen LogP contribution in [0.3, 0.4) is 0 Å². The second-order valence-corrected chi connectivity index (χ2v) is 9.28. The Kier molecular flexibility index (Phi) is 5.53. The number of ether oxygens (including phenoxy) is 1. The number of carbonyl (C=O) groups is 1. The number of fused-ring (bicyclic) bond motifs is 1. The quantitative estimate of drug-likeness (QED) is 0.811. The van der Waals surface area contributed by atoms with Crippen molar-refractivity contribution in [1.29, 1.82) is 0 Å². The highest BCUT2D eigenvalue weighted by Gasteiger charge is 2.33. The first-order valence-corrected chi connectivity index (χ1v) is 10.7. The number of halogens is 1. The van der Waals surface area contributed by atoms with Crippen molar-refractivity contribution in [3.05, 3.63) is 29.6 Å².